The molecule has 0 fully saturated rings. The maximum atomic E-state index is 5.76. The van der Waals surface area contributed by atoms with Crippen molar-refractivity contribution >= 4 is 26.0 Å². The number of nitrogens with zero attached hydrogens (tertiary/aromatic N) is 1. The molecule has 14 heavy (non-hydrogen) atoms. The lowest BCUT2D eigenvalue weighted by Gasteiger charge is -2.04. The topological polar surface area (TPSA) is 38.9 Å². The zero-order chi connectivity index (χ0) is 10.1. The van der Waals surface area contributed by atoms with Gasteiger partial charge in [0.1, 0.15) is 5.82 Å². The van der Waals surface area contributed by atoms with Crippen LogP contribution in [0.4, 0.5) is 5.82 Å². The maximum Gasteiger partial charge on any atom is 0.127 e. The average Bonchev–Trinajstić information content (AvgIpc) is 2.19. The Balaban J connectivity index is 2.70. The fourth-order valence-corrected chi connectivity index (χ4v) is 1.71. The molecule has 0 radical (unpaired) electrons. The Morgan fingerprint density at radius 3 is 2.86 bits per heavy atom. The van der Waals surface area contributed by atoms with Crippen molar-refractivity contribution in [1.29, 1.82) is 0 Å². The highest BCUT2D eigenvalue weighted by atomic mass is 31.0. The van der Waals surface area contributed by atoms with Gasteiger partial charge < -0.3 is 5.73 Å². The lowest BCUT2D eigenvalue weighted by molar-refractivity contribution is 1.33. The minimum Gasteiger partial charge on any atom is -0.383 e. The predicted octanol–water partition coefficient (Wildman–Crippen LogP) is 2.50. The van der Waals surface area contributed by atoms with E-state index in [2.05, 4.69) is 38.5 Å². The minimum atomic E-state index is 0.624. The number of hydrogen-bond donors (Lipinski definition) is 1. The number of pyridine rings is 1. The van der Waals surface area contributed by atoms with E-state index in [9.17, 15) is 0 Å². The second kappa shape index (κ2) is 3.55. The van der Waals surface area contributed by atoms with Gasteiger partial charge in [-0.25, -0.2) is 4.98 Å². The predicted molar refractivity (Wildman–Crippen MR) is 64.3 cm³/mol. The first-order valence-corrected chi connectivity index (χ1v) is 5.38. The average molecular weight is 204 g/mol. The third-order valence-electron chi connectivity index (χ3n) is 2.35. The SMILES string of the molecule is Cc1cc2ccc(CP)cc2nc1N. The van der Waals surface area contributed by atoms with E-state index in [4.69, 9.17) is 5.73 Å². The summed E-state index contributed by atoms with van der Waals surface area (Å²) in [7, 11) is 2.71. The number of fused-ring (bicyclic) bond motifs is 1. The molecule has 2 N–H and O–H groups in total. The van der Waals surface area contributed by atoms with Crippen LogP contribution in [-0.2, 0) is 6.16 Å². The van der Waals surface area contributed by atoms with Crippen molar-refractivity contribution in [3.63, 3.8) is 0 Å². The molecule has 1 atom stereocenters. The molecule has 72 valence electrons. The minimum absolute atomic E-state index is 0.624. The van der Waals surface area contributed by atoms with Crippen molar-refractivity contribution in [2.24, 2.45) is 0 Å². The Labute approximate surface area is 85.7 Å². The van der Waals surface area contributed by atoms with Crippen LogP contribution in [0.3, 0.4) is 0 Å². The molecule has 0 spiro atoms. The quantitative estimate of drug-likeness (QED) is 0.725. The van der Waals surface area contributed by atoms with E-state index in [1.807, 2.05) is 6.92 Å². The molecule has 0 aliphatic carbocycles. The molecule has 0 saturated carbocycles. The highest BCUT2D eigenvalue weighted by molar-refractivity contribution is 7.15. The van der Waals surface area contributed by atoms with Crippen molar-refractivity contribution in [2.45, 2.75) is 13.1 Å². The number of anilines is 1. The normalized spacial score (nSPS) is 10.7. The highest BCUT2D eigenvalue weighted by Gasteiger charge is 2.00. The first kappa shape index (κ1) is 9.42. The van der Waals surface area contributed by atoms with Gasteiger partial charge in [0.2, 0.25) is 0 Å². The number of aryl methyl sites for hydroxylation is 1. The fraction of sp³-hybridized carbons (Fsp3) is 0.182. The molecule has 0 aliphatic rings. The Bertz CT molecular complexity index is 480. The van der Waals surface area contributed by atoms with E-state index in [0.29, 0.717) is 5.82 Å². The summed E-state index contributed by atoms with van der Waals surface area (Å²) in [5.74, 6) is 0.624. The molecular weight excluding hydrogens is 191 g/mol. The molecule has 2 nitrogen and oxygen atoms in total. The number of hydrogen-bond acceptors (Lipinski definition) is 2. The van der Waals surface area contributed by atoms with E-state index < -0.39 is 0 Å². The maximum absolute atomic E-state index is 5.76. The van der Waals surface area contributed by atoms with E-state index in [1.165, 1.54) is 5.56 Å². The molecule has 1 unspecified atom stereocenters. The number of benzene rings is 1. The van der Waals surface area contributed by atoms with Gasteiger partial charge in [-0.05, 0) is 36.3 Å². The molecule has 3 heteroatoms. The summed E-state index contributed by atoms with van der Waals surface area (Å²) in [6, 6.07) is 8.36. The third-order valence-corrected chi connectivity index (χ3v) is 2.82. The fourth-order valence-electron chi connectivity index (χ4n) is 1.46. The van der Waals surface area contributed by atoms with Crippen LogP contribution in [0, 0.1) is 6.92 Å². The van der Waals surface area contributed by atoms with Crippen molar-refractivity contribution in [1.82, 2.24) is 4.98 Å². The second-order valence-corrected chi connectivity index (χ2v) is 3.83. The van der Waals surface area contributed by atoms with Gasteiger partial charge in [-0.2, -0.15) is 0 Å². The van der Waals surface area contributed by atoms with Crippen LogP contribution in [-0.4, -0.2) is 4.98 Å². The van der Waals surface area contributed by atoms with Crippen molar-refractivity contribution < 1.29 is 0 Å². The molecule has 2 rings (SSSR count). The number of nitrogens with two attached hydrogens (primary N) is 1. The summed E-state index contributed by atoms with van der Waals surface area (Å²) in [6.07, 6.45) is 0.950. The van der Waals surface area contributed by atoms with Crippen molar-refractivity contribution in [3.05, 3.63) is 35.4 Å². The Morgan fingerprint density at radius 2 is 2.14 bits per heavy atom. The van der Waals surface area contributed by atoms with E-state index in [-0.39, 0.29) is 0 Å². The molecule has 1 aromatic heterocycles. The molecule has 1 heterocycles. The largest absolute Gasteiger partial charge is 0.383 e. The monoisotopic (exact) mass is 204 g/mol. The van der Waals surface area contributed by atoms with Crippen LogP contribution in [0.25, 0.3) is 10.9 Å². The number of rotatable bonds is 1. The summed E-state index contributed by atoms with van der Waals surface area (Å²) < 4.78 is 0. The van der Waals surface area contributed by atoms with Crippen LogP contribution in [0.15, 0.2) is 24.3 Å². The smallest absolute Gasteiger partial charge is 0.127 e. The van der Waals surface area contributed by atoms with Gasteiger partial charge in [-0.1, -0.05) is 12.1 Å². The van der Waals surface area contributed by atoms with Gasteiger partial charge in [-0.15, -0.1) is 9.24 Å². The highest BCUT2D eigenvalue weighted by Crippen LogP contribution is 2.19. The molecule has 2 aromatic rings. The van der Waals surface area contributed by atoms with Crippen LogP contribution in [0.1, 0.15) is 11.1 Å². The van der Waals surface area contributed by atoms with Crippen molar-refractivity contribution in [2.75, 3.05) is 5.73 Å². The standard InChI is InChI=1S/C11H13N2P/c1-7-4-9-3-2-8(6-14)5-10(9)13-11(7)12/h2-5H,6,14H2,1H3,(H2,12,13). The second-order valence-electron chi connectivity index (χ2n) is 3.42. The lowest BCUT2D eigenvalue weighted by Crippen LogP contribution is -1.94. The Kier molecular flexibility index (Phi) is 2.39. The van der Waals surface area contributed by atoms with E-state index in [0.717, 1.165) is 22.6 Å². The van der Waals surface area contributed by atoms with Crippen LogP contribution in [0.2, 0.25) is 0 Å². The summed E-state index contributed by atoms with van der Waals surface area (Å²) in [5, 5.41) is 1.15. The molecule has 0 aliphatic heterocycles. The summed E-state index contributed by atoms with van der Waals surface area (Å²) in [5.41, 5.74) is 9.04. The van der Waals surface area contributed by atoms with E-state index >= 15 is 0 Å². The number of aromatic nitrogens is 1. The molecule has 1 aromatic carbocycles. The van der Waals surface area contributed by atoms with Crippen LogP contribution >= 0.6 is 9.24 Å². The Morgan fingerprint density at radius 1 is 1.36 bits per heavy atom. The lowest BCUT2D eigenvalue weighted by atomic mass is 10.1. The molecule has 0 bridgehead atoms. The summed E-state index contributed by atoms with van der Waals surface area (Å²) in [6.45, 7) is 1.98. The summed E-state index contributed by atoms with van der Waals surface area (Å²) >= 11 is 0. The first-order valence-electron chi connectivity index (χ1n) is 4.56. The third kappa shape index (κ3) is 1.58. The zero-order valence-corrected chi connectivity index (χ0v) is 9.27. The Hall–Kier alpha value is -1.14. The van der Waals surface area contributed by atoms with Gasteiger partial charge in [0.25, 0.3) is 0 Å². The number of nitrogen functional groups attached to an aromatic ring is 1. The van der Waals surface area contributed by atoms with Gasteiger partial charge in [0, 0.05) is 5.39 Å². The molecular formula is C11H13N2P. The van der Waals surface area contributed by atoms with Gasteiger partial charge in [-0.3, -0.25) is 0 Å². The van der Waals surface area contributed by atoms with Gasteiger partial charge >= 0.3 is 0 Å². The van der Waals surface area contributed by atoms with Crippen molar-refractivity contribution in [3.8, 4) is 0 Å². The van der Waals surface area contributed by atoms with Gasteiger partial charge in [0.05, 0.1) is 5.52 Å². The van der Waals surface area contributed by atoms with Crippen LogP contribution < -0.4 is 5.73 Å². The molecule has 0 amide bonds. The summed E-state index contributed by atoms with van der Waals surface area (Å²) in [4.78, 5) is 4.35. The van der Waals surface area contributed by atoms with E-state index in [1.54, 1.807) is 0 Å². The van der Waals surface area contributed by atoms with Crippen LogP contribution in [0.5, 0.6) is 0 Å². The zero-order valence-electron chi connectivity index (χ0n) is 8.12. The van der Waals surface area contributed by atoms with Gasteiger partial charge in [0.15, 0.2) is 0 Å². The molecule has 0 saturated heterocycles. The first-order chi connectivity index (χ1) is 6.70.